The molecule has 0 unspecified atom stereocenters. The van der Waals surface area contributed by atoms with Crippen LogP contribution in [-0.2, 0) is 0 Å². The lowest BCUT2D eigenvalue weighted by Crippen LogP contribution is -2.25. The molecule has 5 heteroatoms. The Morgan fingerprint density at radius 1 is 1.23 bits per heavy atom. The lowest BCUT2D eigenvalue weighted by molar-refractivity contribution is 0.237. The average Bonchev–Trinajstić information content (AvgIpc) is 3.18. The summed E-state index contributed by atoms with van der Waals surface area (Å²) in [5.41, 5.74) is 1.01. The van der Waals surface area contributed by atoms with Crippen LogP contribution in [0, 0.1) is 6.92 Å². The van der Waals surface area contributed by atoms with Gasteiger partial charge in [0, 0.05) is 18.2 Å². The van der Waals surface area contributed by atoms with E-state index in [-0.39, 0.29) is 0 Å². The Morgan fingerprint density at radius 3 is 2.82 bits per heavy atom. The molecule has 5 nitrogen and oxygen atoms in total. The molecule has 1 saturated heterocycles. The Labute approximate surface area is 130 Å². The first kappa shape index (κ1) is 14.8. The molecule has 1 aliphatic heterocycles. The van der Waals surface area contributed by atoms with Gasteiger partial charge in [-0.15, -0.1) is 0 Å². The second kappa shape index (κ2) is 7.22. The zero-order chi connectivity index (χ0) is 15.2. The van der Waals surface area contributed by atoms with Gasteiger partial charge in [-0.05, 0) is 45.0 Å². The van der Waals surface area contributed by atoms with Crippen molar-refractivity contribution < 1.29 is 9.26 Å². The number of hydrogen-bond acceptors (Lipinski definition) is 5. The molecule has 3 rings (SSSR count). The number of benzene rings is 1. The number of hydrogen-bond donors (Lipinski definition) is 0. The van der Waals surface area contributed by atoms with Crippen LogP contribution in [0.3, 0.4) is 0 Å². The Morgan fingerprint density at radius 2 is 2.05 bits per heavy atom. The molecule has 0 bridgehead atoms. The van der Waals surface area contributed by atoms with Crippen LogP contribution in [0.4, 0.5) is 0 Å². The lowest BCUT2D eigenvalue weighted by Gasteiger charge is -2.15. The molecule has 0 amide bonds. The number of aryl methyl sites for hydroxylation is 1. The first-order valence-corrected chi connectivity index (χ1v) is 7.74. The maximum Gasteiger partial charge on any atom is 0.250 e. The maximum atomic E-state index is 5.93. The molecule has 0 N–H and O–H groups in total. The van der Waals surface area contributed by atoms with E-state index in [2.05, 4.69) is 15.0 Å². The Bertz CT molecular complexity index is 630. The molecule has 0 saturated carbocycles. The van der Waals surface area contributed by atoms with E-state index in [9.17, 15) is 0 Å². The summed E-state index contributed by atoms with van der Waals surface area (Å²) in [5, 5.41) is 3.77. The SMILES string of the molecule is Cc1noc(/C=C/c2ccccc2OCCN2CCCC2)n1. The molecule has 2 heterocycles. The van der Waals surface area contributed by atoms with Crippen molar-refractivity contribution in [2.75, 3.05) is 26.2 Å². The standard InChI is InChI=1S/C17H21N3O2/c1-14-18-17(22-19-14)9-8-15-6-2-3-7-16(15)21-13-12-20-10-4-5-11-20/h2-3,6-9H,4-5,10-13H2,1H3/b9-8+. The Hall–Kier alpha value is -2.14. The van der Waals surface area contributed by atoms with Crippen LogP contribution in [0.15, 0.2) is 28.8 Å². The molecule has 1 aromatic heterocycles. The van der Waals surface area contributed by atoms with Gasteiger partial charge in [0.2, 0.25) is 0 Å². The smallest absolute Gasteiger partial charge is 0.250 e. The van der Waals surface area contributed by atoms with Crippen molar-refractivity contribution in [3.63, 3.8) is 0 Å². The highest BCUT2D eigenvalue weighted by Crippen LogP contribution is 2.20. The second-order valence-corrected chi connectivity index (χ2v) is 5.45. The van der Waals surface area contributed by atoms with Gasteiger partial charge in [-0.1, -0.05) is 23.4 Å². The monoisotopic (exact) mass is 299 g/mol. The first-order valence-electron chi connectivity index (χ1n) is 7.74. The van der Waals surface area contributed by atoms with Crippen molar-refractivity contribution in [3.05, 3.63) is 41.5 Å². The summed E-state index contributed by atoms with van der Waals surface area (Å²) in [6, 6.07) is 7.99. The molecule has 0 spiro atoms. The van der Waals surface area contributed by atoms with E-state index in [0.29, 0.717) is 18.3 Å². The number of rotatable bonds is 6. The number of para-hydroxylation sites is 1. The van der Waals surface area contributed by atoms with Crippen LogP contribution in [0.1, 0.15) is 30.1 Å². The van der Waals surface area contributed by atoms with Gasteiger partial charge < -0.3 is 9.26 Å². The molecule has 2 aromatic rings. The molecule has 22 heavy (non-hydrogen) atoms. The number of likely N-dealkylation sites (tertiary alicyclic amines) is 1. The molecule has 0 radical (unpaired) electrons. The minimum absolute atomic E-state index is 0.504. The number of aromatic nitrogens is 2. The van der Waals surface area contributed by atoms with Gasteiger partial charge in [0.1, 0.15) is 12.4 Å². The highest BCUT2D eigenvalue weighted by molar-refractivity contribution is 5.69. The van der Waals surface area contributed by atoms with Gasteiger partial charge >= 0.3 is 0 Å². The topological polar surface area (TPSA) is 51.4 Å². The van der Waals surface area contributed by atoms with E-state index in [1.807, 2.05) is 36.4 Å². The third-order valence-electron chi connectivity index (χ3n) is 3.73. The average molecular weight is 299 g/mol. The molecule has 1 aromatic carbocycles. The highest BCUT2D eigenvalue weighted by Gasteiger charge is 2.11. The third kappa shape index (κ3) is 3.95. The fourth-order valence-corrected chi connectivity index (χ4v) is 2.58. The van der Waals surface area contributed by atoms with Crippen molar-refractivity contribution >= 4 is 12.2 Å². The summed E-state index contributed by atoms with van der Waals surface area (Å²) < 4.78 is 11.0. The molecular weight excluding hydrogens is 278 g/mol. The minimum Gasteiger partial charge on any atom is -0.492 e. The number of ether oxygens (including phenoxy) is 1. The summed E-state index contributed by atoms with van der Waals surface area (Å²) in [7, 11) is 0. The molecule has 1 aliphatic rings. The summed E-state index contributed by atoms with van der Waals surface area (Å²) in [4.78, 5) is 6.60. The van der Waals surface area contributed by atoms with Gasteiger partial charge in [0.15, 0.2) is 5.82 Å². The minimum atomic E-state index is 0.504. The quantitative estimate of drug-likeness (QED) is 0.820. The molecule has 1 fully saturated rings. The Balaban J connectivity index is 1.60. The van der Waals surface area contributed by atoms with Crippen molar-refractivity contribution in [1.82, 2.24) is 15.0 Å². The summed E-state index contributed by atoms with van der Waals surface area (Å²) in [5.74, 6) is 2.02. The summed E-state index contributed by atoms with van der Waals surface area (Å²) in [6.45, 7) is 5.89. The highest BCUT2D eigenvalue weighted by atomic mass is 16.5. The zero-order valence-electron chi connectivity index (χ0n) is 12.9. The van der Waals surface area contributed by atoms with Gasteiger partial charge in [-0.2, -0.15) is 4.98 Å². The van der Waals surface area contributed by atoms with Crippen LogP contribution in [0.2, 0.25) is 0 Å². The fourth-order valence-electron chi connectivity index (χ4n) is 2.58. The predicted octanol–water partition coefficient (Wildman–Crippen LogP) is 3.02. The summed E-state index contributed by atoms with van der Waals surface area (Å²) >= 11 is 0. The normalized spacial score (nSPS) is 15.7. The zero-order valence-corrected chi connectivity index (χ0v) is 12.9. The van der Waals surface area contributed by atoms with Gasteiger partial charge in [-0.25, -0.2) is 0 Å². The van der Waals surface area contributed by atoms with E-state index in [4.69, 9.17) is 9.26 Å². The van der Waals surface area contributed by atoms with E-state index < -0.39 is 0 Å². The molecular formula is C17H21N3O2. The van der Waals surface area contributed by atoms with E-state index in [0.717, 1.165) is 17.9 Å². The maximum absolute atomic E-state index is 5.93. The van der Waals surface area contributed by atoms with Crippen LogP contribution in [0.25, 0.3) is 12.2 Å². The van der Waals surface area contributed by atoms with Crippen molar-refractivity contribution in [2.24, 2.45) is 0 Å². The van der Waals surface area contributed by atoms with E-state index in [1.54, 1.807) is 6.92 Å². The first-order chi connectivity index (χ1) is 10.8. The van der Waals surface area contributed by atoms with Crippen molar-refractivity contribution in [2.45, 2.75) is 19.8 Å². The van der Waals surface area contributed by atoms with Gasteiger partial charge in [0.25, 0.3) is 5.89 Å². The van der Waals surface area contributed by atoms with Crippen LogP contribution in [-0.4, -0.2) is 41.3 Å². The fraction of sp³-hybridized carbons (Fsp3) is 0.412. The van der Waals surface area contributed by atoms with E-state index >= 15 is 0 Å². The van der Waals surface area contributed by atoms with E-state index in [1.165, 1.54) is 25.9 Å². The van der Waals surface area contributed by atoms with Crippen LogP contribution >= 0.6 is 0 Å². The van der Waals surface area contributed by atoms with Crippen molar-refractivity contribution in [1.29, 1.82) is 0 Å². The Kier molecular flexibility index (Phi) is 4.85. The van der Waals surface area contributed by atoms with Crippen LogP contribution in [0.5, 0.6) is 5.75 Å². The largest absolute Gasteiger partial charge is 0.492 e. The van der Waals surface area contributed by atoms with Crippen molar-refractivity contribution in [3.8, 4) is 5.75 Å². The van der Waals surface area contributed by atoms with Crippen LogP contribution < -0.4 is 4.74 Å². The molecule has 0 atom stereocenters. The van der Waals surface area contributed by atoms with Gasteiger partial charge in [0.05, 0.1) is 0 Å². The molecule has 116 valence electrons. The lowest BCUT2D eigenvalue weighted by atomic mass is 10.2. The second-order valence-electron chi connectivity index (χ2n) is 5.45. The predicted molar refractivity (Wildman–Crippen MR) is 85.6 cm³/mol. The third-order valence-corrected chi connectivity index (χ3v) is 3.73. The summed E-state index contributed by atoms with van der Waals surface area (Å²) in [6.07, 6.45) is 6.37. The number of nitrogens with zero attached hydrogens (tertiary/aromatic N) is 3. The van der Waals surface area contributed by atoms with Gasteiger partial charge in [-0.3, -0.25) is 4.90 Å². The molecule has 0 aliphatic carbocycles.